The van der Waals surface area contributed by atoms with Crippen molar-refractivity contribution < 1.29 is 4.52 Å². The largest absolute Gasteiger partial charge is 0.380 e. The quantitative estimate of drug-likeness (QED) is 0.773. The van der Waals surface area contributed by atoms with E-state index >= 15 is 0 Å². The van der Waals surface area contributed by atoms with Crippen LogP contribution in [0.5, 0.6) is 0 Å². The van der Waals surface area contributed by atoms with Crippen LogP contribution in [0.3, 0.4) is 0 Å². The van der Waals surface area contributed by atoms with Gasteiger partial charge in [0.05, 0.1) is 5.56 Å². The van der Waals surface area contributed by atoms with E-state index in [0.29, 0.717) is 22.2 Å². The third-order valence-corrected chi connectivity index (χ3v) is 3.13. The monoisotopic (exact) mass is 271 g/mol. The first-order chi connectivity index (χ1) is 9.27. The van der Waals surface area contributed by atoms with Gasteiger partial charge in [0.1, 0.15) is 0 Å². The van der Waals surface area contributed by atoms with Crippen LogP contribution >= 0.6 is 11.6 Å². The number of benzene rings is 1. The van der Waals surface area contributed by atoms with Crippen molar-refractivity contribution in [2.75, 3.05) is 5.73 Å². The molecule has 0 radical (unpaired) electrons. The first-order valence-corrected chi connectivity index (χ1v) is 6.05. The van der Waals surface area contributed by atoms with Crippen molar-refractivity contribution in [3.8, 4) is 22.5 Å². The molecular weight excluding hydrogens is 262 g/mol. The Morgan fingerprint density at radius 2 is 1.79 bits per heavy atom. The van der Waals surface area contributed by atoms with Crippen LogP contribution in [0.1, 0.15) is 0 Å². The van der Waals surface area contributed by atoms with E-state index in [0.717, 1.165) is 11.1 Å². The van der Waals surface area contributed by atoms with Gasteiger partial charge in [-0.25, -0.2) is 0 Å². The van der Waals surface area contributed by atoms with Crippen LogP contribution < -0.4 is 5.73 Å². The first-order valence-electron chi connectivity index (χ1n) is 5.68. The lowest BCUT2D eigenvalue weighted by Crippen LogP contribution is -1.89. The van der Waals surface area contributed by atoms with E-state index in [4.69, 9.17) is 21.9 Å². The van der Waals surface area contributed by atoms with Crippen LogP contribution in [0.25, 0.3) is 22.5 Å². The number of hydrogen-bond donors (Lipinski definition) is 1. The predicted octanol–water partition coefficient (Wildman–Crippen LogP) is 3.64. The third kappa shape index (κ3) is 2.06. The molecule has 2 aromatic heterocycles. The van der Waals surface area contributed by atoms with Crippen molar-refractivity contribution in [2.24, 2.45) is 0 Å². The zero-order chi connectivity index (χ0) is 13.2. The Hall–Kier alpha value is -2.33. The fraction of sp³-hybridized carbons (Fsp3) is 0. The van der Waals surface area contributed by atoms with Gasteiger partial charge in [-0.2, -0.15) is 0 Å². The summed E-state index contributed by atoms with van der Waals surface area (Å²) in [6, 6.07) is 11.1. The molecule has 2 N–H and O–H groups in total. The summed E-state index contributed by atoms with van der Waals surface area (Å²) in [4.78, 5) is 3.98. The Morgan fingerprint density at radius 1 is 1.05 bits per heavy atom. The highest BCUT2D eigenvalue weighted by atomic mass is 35.5. The molecule has 2 heterocycles. The Labute approximate surface area is 114 Å². The number of halogens is 1. The minimum Gasteiger partial charge on any atom is -0.380 e. The second kappa shape index (κ2) is 4.74. The molecule has 5 heteroatoms. The van der Waals surface area contributed by atoms with Gasteiger partial charge in [-0.05, 0) is 18.2 Å². The van der Waals surface area contributed by atoms with Crippen LogP contribution in [-0.4, -0.2) is 10.1 Å². The van der Waals surface area contributed by atoms with E-state index in [1.165, 1.54) is 0 Å². The number of aromatic nitrogens is 2. The maximum Gasteiger partial charge on any atom is 0.177 e. The normalized spacial score (nSPS) is 10.6. The fourth-order valence-electron chi connectivity index (χ4n) is 1.93. The average molecular weight is 272 g/mol. The van der Waals surface area contributed by atoms with Crippen molar-refractivity contribution in [1.29, 1.82) is 0 Å². The van der Waals surface area contributed by atoms with E-state index in [1.54, 1.807) is 18.5 Å². The van der Waals surface area contributed by atoms with Gasteiger partial charge in [0.15, 0.2) is 11.6 Å². The number of hydrogen-bond acceptors (Lipinski definition) is 4. The molecule has 94 valence electrons. The van der Waals surface area contributed by atoms with Crippen molar-refractivity contribution in [3.05, 3.63) is 53.8 Å². The lowest BCUT2D eigenvalue weighted by Gasteiger charge is -2.04. The molecule has 3 aromatic rings. The van der Waals surface area contributed by atoms with Gasteiger partial charge in [-0.1, -0.05) is 35.0 Å². The average Bonchev–Trinajstić information content (AvgIpc) is 2.82. The second-order valence-electron chi connectivity index (χ2n) is 3.99. The summed E-state index contributed by atoms with van der Waals surface area (Å²) in [6.45, 7) is 0. The van der Waals surface area contributed by atoms with Gasteiger partial charge in [-0.15, -0.1) is 0 Å². The van der Waals surface area contributed by atoms with Crippen molar-refractivity contribution in [3.63, 3.8) is 0 Å². The van der Waals surface area contributed by atoms with Crippen LogP contribution in [0.15, 0.2) is 53.3 Å². The molecule has 0 aliphatic carbocycles. The summed E-state index contributed by atoms with van der Waals surface area (Å²) in [6.07, 6.45) is 3.37. The molecule has 0 saturated heterocycles. The van der Waals surface area contributed by atoms with E-state index in [9.17, 15) is 0 Å². The van der Waals surface area contributed by atoms with E-state index in [2.05, 4.69) is 10.1 Å². The summed E-state index contributed by atoms with van der Waals surface area (Å²) in [5.41, 5.74) is 8.26. The maximum atomic E-state index is 6.21. The standard InChI is InChI=1S/C14H10ClN3O/c15-11-4-2-1-3-10(11)12-13(19-18-14(12)16)9-5-7-17-8-6-9/h1-8H,(H2,16,18). The lowest BCUT2D eigenvalue weighted by atomic mass is 10.0. The van der Waals surface area contributed by atoms with Crippen molar-refractivity contribution in [1.82, 2.24) is 10.1 Å². The smallest absolute Gasteiger partial charge is 0.177 e. The van der Waals surface area contributed by atoms with Crippen LogP contribution in [0, 0.1) is 0 Å². The topological polar surface area (TPSA) is 64.9 Å². The number of nitrogens with two attached hydrogens (primary N) is 1. The molecule has 0 amide bonds. The number of pyridine rings is 1. The molecule has 4 nitrogen and oxygen atoms in total. The van der Waals surface area contributed by atoms with E-state index in [1.807, 2.05) is 30.3 Å². The van der Waals surface area contributed by atoms with Gasteiger partial charge in [0.25, 0.3) is 0 Å². The van der Waals surface area contributed by atoms with Crippen LogP contribution in [0.2, 0.25) is 5.02 Å². The van der Waals surface area contributed by atoms with Crippen molar-refractivity contribution in [2.45, 2.75) is 0 Å². The zero-order valence-electron chi connectivity index (χ0n) is 9.88. The van der Waals surface area contributed by atoms with Gasteiger partial charge >= 0.3 is 0 Å². The second-order valence-corrected chi connectivity index (χ2v) is 4.39. The molecule has 0 aliphatic rings. The lowest BCUT2D eigenvalue weighted by molar-refractivity contribution is 0.436. The summed E-state index contributed by atoms with van der Waals surface area (Å²) in [7, 11) is 0. The summed E-state index contributed by atoms with van der Waals surface area (Å²) in [5.74, 6) is 0.910. The van der Waals surface area contributed by atoms with Crippen molar-refractivity contribution >= 4 is 17.4 Å². The van der Waals surface area contributed by atoms with Crippen LogP contribution in [0.4, 0.5) is 5.82 Å². The first kappa shape index (κ1) is 11.7. The molecule has 0 atom stereocenters. The minimum absolute atomic E-state index is 0.319. The fourth-order valence-corrected chi connectivity index (χ4v) is 2.16. The zero-order valence-corrected chi connectivity index (χ0v) is 10.6. The molecule has 0 bridgehead atoms. The minimum atomic E-state index is 0.319. The van der Waals surface area contributed by atoms with Gasteiger partial charge in [0, 0.05) is 28.5 Å². The molecular formula is C14H10ClN3O. The third-order valence-electron chi connectivity index (χ3n) is 2.80. The summed E-state index contributed by atoms with van der Waals surface area (Å²) in [5, 5.41) is 4.44. The van der Waals surface area contributed by atoms with Gasteiger partial charge < -0.3 is 10.3 Å². The molecule has 3 rings (SSSR count). The van der Waals surface area contributed by atoms with Gasteiger partial charge in [-0.3, -0.25) is 4.98 Å². The Morgan fingerprint density at radius 3 is 2.53 bits per heavy atom. The van der Waals surface area contributed by atoms with Crippen LogP contribution in [-0.2, 0) is 0 Å². The SMILES string of the molecule is Nc1noc(-c2ccncc2)c1-c1ccccc1Cl. The predicted molar refractivity (Wildman–Crippen MR) is 74.6 cm³/mol. The maximum absolute atomic E-state index is 6.21. The summed E-state index contributed by atoms with van der Waals surface area (Å²) < 4.78 is 5.33. The molecule has 1 aromatic carbocycles. The number of anilines is 1. The Kier molecular flexibility index (Phi) is 2.93. The van der Waals surface area contributed by atoms with Gasteiger partial charge in [0.2, 0.25) is 0 Å². The Balaban J connectivity index is 2.23. The Bertz CT molecular complexity index is 710. The number of rotatable bonds is 2. The highest BCUT2D eigenvalue weighted by Gasteiger charge is 2.19. The summed E-state index contributed by atoms with van der Waals surface area (Å²) >= 11 is 6.21. The number of nitrogens with zero attached hydrogens (tertiary/aromatic N) is 2. The molecule has 0 saturated carbocycles. The van der Waals surface area contributed by atoms with E-state index < -0.39 is 0 Å². The molecule has 0 fully saturated rings. The molecule has 0 spiro atoms. The van der Waals surface area contributed by atoms with E-state index in [-0.39, 0.29) is 0 Å². The molecule has 19 heavy (non-hydrogen) atoms. The number of nitrogen functional groups attached to an aromatic ring is 1. The molecule has 0 aliphatic heterocycles. The highest BCUT2D eigenvalue weighted by molar-refractivity contribution is 6.33. The highest BCUT2D eigenvalue weighted by Crippen LogP contribution is 2.39. The molecule has 0 unspecified atom stereocenters.